The molecule has 3 aromatic rings. The Morgan fingerprint density at radius 2 is 1.70 bits per heavy atom. The lowest BCUT2D eigenvalue weighted by molar-refractivity contribution is 0.0973. The Labute approximate surface area is 134 Å². The topological polar surface area (TPSA) is 60.9 Å². The number of fused-ring (bicyclic) bond motifs is 1. The first-order chi connectivity index (χ1) is 11.2. The van der Waals surface area contributed by atoms with Crippen LogP contribution in [0.3, 0.4) is 0 Å². The maximum atomic E-state index is 12.5. The summed E-state index contributed by atoms with van der Waals surface area (Å²) < 4.78 is 1.91. The standard InChI is InChI=1S/C19H17N3O/c20-14-11-9-13(10-12-14)19-18-16(7-4-8-17(18)23)22(21-19)15-5-2-1-3-6-15/h1-3,5-6,9-12H,4,7-8,20H2. The lowest BCUT2D eigenvalue weighted by atomic mass is 9.92. The van der Waals surface area contributed by atoms with E-state index in [1.54, 1.807) is 0 Å². The van der Waals surface area contributed by atoms with E-state index in [1.807, 2.05) is 59.3 Å². The second-order valence-corrected chi connectivity index (χ2v) is 5.82. The number of Topliss-reactive ketones (excluding diaryl/α,β-unsaturated/α-hetero) is 1. The Morgan fingerprint density at radius 1 is 0.957 bits per heavy atom. The van der Waals surface area contributed by atoms with Gasteiger partial charge in [-0.2, -0.15) is 5.10 Å². The van der Waals surface area contributed by atoms with Gasteiger partial charge in [-0.05, 0) is 37.1 Å². The minimum Gasteiger partial charge on any atom is -0.399 e. The normalized spacial score (nSPS) is 13.8. The van der Waals surface area contributed by atoms with Crippen LogP contribution in [0, 0.1) is 0 Å². The lowest BCUT2D eigenvalue weighted by Crippen LogP contribution is -2.13. The first-order valence-corrected chi connectivity index (χ1v) is 7.80. The molecule has 2 N–H and O–H groups in total. The second-order valence-electron chi connectivity index (χ2n) is 5.82. The minimum atomic E-state index is 0.181. The molecule has 1 aromatic heterocycles. The first kappa shape index (κ1) is 13.8. The van der Waals surface area contributed by atoms with Crippen LogP contribution >= 0.6 is 0 Å². The zero-order valence-electron chi connectivity index (χ0n) is 12.7. The third kappa shape index (κ3) is 2.32. The van der Waals surface area contributed by atoms with Crippen molar-refractivity contribution < 1.29 is 4.79 Å². The number of aromatic nitrogens is 2. The van der Waals surface area contributed by atoms with Gasteiger partial charge in [0.2, 0.25) is 0 Å². The fraction of sp³-hybridized carbons (Fsp3) is 0.158. The zero-order valence-corrected chi connectivity index (χ0v) is 12.7. The summed E-state index contributed by atoms with van der Waals surface area (Å²) >= 11 is 0. The van der Waals surface area contributed by atoms with E-state index in [4.69, 9.17) is 10.8 Å². The number of hydrogen-bond donors (Lipinski definition) is 1. The summed E-state index contributed by atoms with van der Waals surface area (Å²) in [5.41, 5.74) is 10.9. The average Bonchev–Trinajstić information content (AvgIpc) is 2.97. The van der Waals surface area contributed by atoms with E-state index in [0.29, 0.717) is 12.1 Å². The molecule has 0 atom stereocenters. The highest BCUT2D eigenvalue weighted by atomic mass is 16.1. The number of ketones is 1. The Kier molecular flexibility index (Phi) is 3.23. The molecule has 4 rings (SSSR count). The number of para-hydroxylation sites is 1. The van der Waals surface area contributed by atoms with Gasteiger partial charge in [0.05, 0.1) is 16.9 Å². The highest BCUT2D eigenvalue weighted by molar-refractivity contribution is 6.03. The molecule has 4 heteroatoms. The molecular formula is C19H17N3O. The number of nitrogens with zero attached hydrogens (tertiary/aromatic N) is 2. The van der Waals surface area contributed by atoms with Crippen molar-refractivity contribution in [3.63, 3.8) is 0 Å². The van der Waals surface area contributed by atoms with Crippen molar-refractivity contribution in [2.75, 3.05) is 5.73 Å². The molecule has 1 aliphatic rings. The van der Waals surface area contributed by atoms with Crippen LogP contribution in [0.15, 0.2) is 54.6 Å². The number of anilines is 1. The van der Waals surface area contributed by atoms with Crippen molar-refractivity contribution in [1.29, 1.82) is 0 Å². The maximum Gasteiger partial charge on any atom is 0.166 e. The van der Waals surface area contributed by atoms with Gasteiger partial charge in [0.1, 0.15) is 5.69 Å². The highest BCUT2D eigenvalue weighted by Crippen LogP contribution is 2.33. The van der Waals surface area contributed by atoms with Gasteiger partial charge in [-0.25, -0.2) is 4.68 Å². The van der Waals surface area contributed by atoms with Gasteiger partial charge in [-0.15, -0.1) is 0 Å². The number of carbonyl (C=O) groups is 1. The van der Waals surface area contributed by atoms with Crippen molar-refractivity contribution in [2.45, 2.75) is 19.3 Å². The van der Waals surface area contributed by atoms with Crippen molar-refractivity contribution in [1.82, 2.24) is 9.78 Å². The molecule has 0 bridgehead atoms. The Bertz CT molecular complexity index is 864. The molecule has 2 aromatic carbocycles. The van der Waals surface area contributed by atoms with Gasteiger partial charge in [0.25, 0.3) is 0 Å². The molecular weight excluding hydrogens is 286 g/mol. The van der Waals surface area contributed by atoms with Crippen molar-refractivity contribution in [3.8, 4) is 16.9 Å². The average molecular weight is 303 g/mol. The van der Waals surface area contributed by atoms with Gasteiger partial charge >= 0.3 is 0 Å². The summed E-state index contributed by atoms with van der Waals surface area (Å²) in [6.45, 7) is 0. The molecule has 1 heterocycles. The number of benzene rings is 2. The number of hydrogen-bond acceptors (Lipinski definition) is 3. The Hall–Kier alpha value is -2.88. The molecule has 4 nitrogen and oxygen atoms in total. The molecule has 1 aliphatic carbocycles. The largest absolute Gasteiger partial charge is 0.399 e. The van der Waals surface area contributed by atoms with Crippen LogP contribution in [0.4, 0.5) is 5.69 Å². The fourth-order valence-corrected chi connectivity index (χ4v) is 3.14. The van der Waals surface area contributed by atoms with E-state index < -0.39 is 0 Å². The van der Waals surface area contributed by atoms with Crippen LogP contribution in [0.5, 0.6) is 0 Å². The third-order valence-corrected chi connectivity index (χ3v) is 4.26. The molecule has 0 saturated heterocycles. The molecule has 0 radical (unpaired) electrons. The predicted molar refractivity (Wildman–Crippen MR) is 90.7 cm³/mol. The van der Waals surface area contributed by atoms with Crippen LogP contribution in [0.25, 0.3) is 16.9 Å². The molecule has 0 fully saturated rings. The van der Waals surface area contributed by atoms with Crippen LogP contribution in [0.2, 0.25) is 0 Å². The number of nitrogen functional groups attached to an aromatic ring is 1. The lowest BCUT2D eigenvalue weighted by Gasteiger charge is -2.13. The quantitative estimate of drug-likeness (QED) is 0.735. The van der Waals surface area contributed by atoms with Gasteiger partial charge in [-0.3, -0.25) is 4.79 Å². The van der Waals surface area contributed by atoms with Crippen molar-refractivity contribution >= 4 is 11.5 Å². The molecule has 114 valence electrons. The summed E-state index contributed by atoms with van der Waals surface area (Å²) in [4.78, 5) is 12.5. The SMILES string of the molecule is Nc1ccc(-c2nn(-c3ccccc3)c3c2C(=O)CCC3)cc1. The van der Waals surface area contributed by atoms with E-state index in [2.05, 4.69) is 0 Å². The monoisotopic (exact) mass is 303 g/mol. The third-order valence-electron chi connectivity index (χ3n) is 4.26. The van der Waals surface area contributed by atoms with E-state index in [-0.39, 0.29) is 5.78 Å². The molecule has 0 unspecified atom stereocenters. The molecule has 0 spiro atoms. The summed E-state index contributed by atoms with van der Waals surface area (Å²) in [6, 6.07) is 17.5. The van der Waals surface area contributed by atoms with Crippen LogP contribution < -0.4 is 5.73 Å². The van der Waals surface area contributed by atoms with Crippen molar-refractivity contribution in [3.05, 3.63) is 65.9 Å². The highest BCUT2D eigenvalue weighted by Gasteiger charge is 2.28. The maximum absolute atomic E-state index is 12.5. The van der Waals surface area contributed by atoms with E-state index in [9.17, 15) is 4.79 Å². The summed E-state index contributed by atoms with van der Waals surface area (Å²) in [7, 11) is 0. The molecule has 0 saturated carbocycles. The molecule has 23 heavy (non-hydrogen) atoms. The summed E-state index contributed by atoms with van der Waals surface area (Å²) in [5, 5.41) is 4.77. The van der Waals surface area contributed by atoms with Crippen LogP contribution in [-0.4, -0.2) is 15.6 Å². The summed E-state index contributed by atoms with van der Waals surface area (Å²) in [5.74, 6) is 0.181. The smallest absolute Gasteiger partial charge is 0.166 e. The Balaban J connectivity index is 1.95. The molecule has 0 aliphatic heterocycles. The second kappa shape index (κ2) is 5.39. The summed E-state index contributed by atoms with van der Waals surface area (Å²) in [6.07, 6.45) is 2.35. The zero-order chi connectivity index (χ0) is 15.8. The van der Waals surface area contributed by atoms with E-state index in [1.165, 1.54) is 0 Å². The number of nitrogens with two attached hydrogens (primary N) is 1. The van der Waals surface area contributed by atoms with Gasteiger partial charge < -0.3 is 5.73 Å². The van der Waals surface area contributed by atoms with E-state index in [0.717, 1.165) is 41.0 Å². The van der Waals surface area contributed by atoms with Crippen molar-refractivity contribution in [2.24, 2.45) is 0 Å². The van der Waals surface area contributed by atoms with Gasteiger partial charge in [0, 0.05) is 17.7 Å². The number of carbonyl (C=O) groups excluding carboxylic acids is 1. The van der Waals surface area contributed by atoms with Gasteiger partial charge in [0.15, 0.2) is 5.78 Å². The number of rotatable bonds is 2. The van der Waals surface area contributed by atoms with Crippen LogP contribution in [0.1, 0.15) is 28.9 Å². The fourth-order valence-electron chi connectivity index (χ4n) is 3.14. The van der Waals surface area contributed by atoms with Gasteiger partial charge in [-0.1, -0.05) is 30.3 Å². The predicted octanol–water partition coefficient (Wildman–Crippen LogP) is 3.64. The van der Waals surface area contributed by atoms with Crippen LogP contribution in [-0.2, 0) is 6.42 Å². The minimum absolute atomic E-state index is 0.181. The Morgan fingerprint density at radius 3 is 2.43 bits per heavy atom. The van der Waals surface area contributed by atoms with E-state index >= 15 is 0 Å². The first-order valence-electron chi connectivity index (χ1n) is 7.80. The molecule has 0 amide bonds.